The number of para-hydroxylation sites is 1. The fourth-order valence-electron chi connectivity index (χ4n) is 4.48. The van der Waals surface area contributed by atoms with Crippen molar-refractivity contribution in [1.29, 1.82) is 0 Å². The summed E-state index contributed by atoms with van der Waals surface area (Å²) in [5, 5.41) is 27.2. The Morgan fingerprint density at radius 2 is 1.89 bits per heavy atom. The Hall–Kier alpha value is -3.27. The Labute approximate surface area is 228 Å². The fourth-order valence-corrected chi connectivity index (χ4v) is 4.66. The molecule has 2 aromatic carbocycles. The van der Waals surface area contributed by atoms with Crippen molar-refractivity contribution in [1.82, 2.24) is 19.7 Å². The van der Waals surface area contributed by atoms with Crippen LogP contribution in [0.4, 0.5) is 0 Å². The molecule has 0 bridgehead atoms. The molecule has 9 nitrogen and oxygen atoms in total. The third-order valence-electron chi connectivity index (χ3n) is 6.40. The highest BCUT2D eigenvalue weighted by Gasteiger charge is 2.36. The van der Waals surface area contributed by atoms with Crippen molar-refractivity contribution in [2.75, 3.05) is 20.7 Å². The largest absolute Gasteiger partial charge is 0.508 e. The van der Waals surface area contributed by atoms with E-state index in [9.17, 15) is 14.7 Å². The summed E-state index contributed by atoms with van der Waals surface area (Å²) in [5.74, 6) is 1.32. The molecule has 0 radical (unpaired) electrons. The van der Waals surface area contributed by atoms with Gasteiger partial charge in [-0.15, -0.1) is 10.2 Å². The molecular formula is C28H35ClN4O5. The zero-order valence-corrected chi connectivity index (χ0v) is 22.9. The van der Waals surface area contributed by atoms with E-state index in [2.05, 4.69) is 10.2 Å². The maximum atomic E-state index is 13.2. The molecule has 0 saturated carbocycles. The lowest BCUT2D eigenvalue weighted by atomic mass is 9.98. The highest BCUT2D eigenvalue weighted by atomic mass is 35.5. The topological polar surface area (TPSA) is 118 Å². The van der Waals surface area contributed by atoms with Gasteiger partial charge in [-0.3, -0.25) is 9.36 Å². The number of aldehydes is 1. The number of phenolic OH excluding ortho intramolecular Hbond substituents is 1. The molecule has 2 atom stereocenters. The molecule has 0 spiro atoms. The van der Waals surface area contributed by atoms with E-state index in [0.29, 0.717) is 29.4 Å². The fraction of sp³-hybridized carbons (Fsp3) is 0.429. The van der Waals surface area contributed by atoms with Crippen LogP contribution in [0.5, 0.6) is 5.75 Å². The summed E-state index contributed by atoms with van der Waals surface area (Å²) in [7, 11) is 2.75. The molecule has 1 aliphatic heterocycles. The highest BCUT2D eigenvalue weighted by molar-refractivity contribution is 6.30. The maximum absolute atomic E-state index is 13.2. The van der Waals surface area contributed by atoms with E-state index >= 15 is 0 Å². The van der Waals surface area contributed by atoms with Gasteiger partial charge >= 0.3 is 0 Å². The van der Waals surface area contributed by atoms with Crippen molar-refractivity contribution < 1.29 is 24.5 Å². The number of aliphatic hydroxyl groups excluding tert-OH is 1. The summed E-state index contributed by atoms with van der Waals surface area (Å²) < 4.78 is 8.56. The average Bonchev–Trinajstić information content (AvgIpc) is 3.31. The van der Waals surface area contributed by atoms with Crippen LogP contribution >= 0.6 is 11.6 Å². The second-order valence-corrected chi connectivity index (χ2v) is 9.79. The van der Waals surface area contributed by atoms with Crippen molar-refractivity contribution in [3.05, 3.63) is 70.3 Å². The highest BCUT2D eigenvalue weighted by Crippen LogP contribution is 2.44. The second-order valence-electron chi connectivity index (χ2n) is 9.36. The van der Waals surface area contributed by atoms with Gasteiger partial charge in [0.05, 0.1) is 12.1 Å². The average molecular weight is 543 g/mol. The van der Waals surface area contributed by atoms with Gasteiger partial charge in [-0.25, -0.2) is 0 Å². The van der Waals surface area contributed by atoms with Crippen molar-refractivity contribution in [2.45, 2.75) is 57.7 Å². The molecule has 0 aliphatic carbocycles. The SMILES string of the molecule is CC(C)c1nnc2n1-c1ccc(Cl)cc1C(c1ccccc1O)OC2CC(=O)N(C)CCCCC=O.CO. The van der Waals surface area contributed by atoms with Gasteiger partial charge in [-0.05, 0) is 37.1 Å². The predicted octanol–water partition coefficient (Wildman–Crippen LogP) is 4.74. The molecule has 38 heavy (non-hydrogen) atoms. The van der Waals surface area contributed by atoms with Crippen LogP contribution in [0.3, 0.4) is 0 Å². The number of carbonyl (C=O) groups is 2. The quantitative estimate of drug-likeness (QED) is 0.296. The third-order valence-corrected chi connectivity index (χ3v) is 6.64. The normalized spacial score (nSPS) is 16.1. The molecule has 0 fully saturated rings. The van der Waals surface area contributed by atoms with E-state index < -0.39 is 12.2 Å². The summed E-state index contributed by atoms with van der Waals surface area (Å²) >= 11 is 6.42. The summed E-state index contributed by atoms with van der Waals surface area (Å²) in [4.78, 5) is 25.5. The van der Waals surface area contributed by atoms with Crippen LogP contribution in [0.2, 0.25) is 5.02 Å². The number of aromatic hydroxyl groups is 1. The van der Waals surface area contributed by atoms with Gasteiger partial charge in [0.25, 0.3) is 0 Å². The van der Waals surface area contributed by atoms with Gasteiger partial charge < -0.3 is 24.6 Å². The molecule has 2 heterocycles. The number of phenols is 1. The molecule has 10 heteroatoms. The molecular weight excluding hydrogens is 508 g/mol. The number of fused-ring (bicyclic) bond motifs is 3. The minimum absolute atomic E-state index is 0.0478. The van der Waals surface area contributed by atoms with Crippen molar-refractivity contribution >= 4 is 23.8 Å². The summed E-state index contributed by atoms with van der Waals surface area (Å²) in [6.45, 7) is 4.61. The predicted molar refractivity (Wildman–Crippen MR) is 145 cm³/mol. The first-order chi connectivity index (χ1) is 18.3. The van der Waals surface area contributed by atoms with Crippen LogP contribution in [0.25, 0.3) is 5.69 Å². The van der Waals surface area contributed by atoms with Crippen molar-refractivity contribution in [3.63, 3.8) is 0 Å². The zero-order chi connectivity index (χ0) is 27.8. The molecule has 1 amide bonds. The van der Waals surface area contributed by atoms with Crippen LogP contribution in [0.15, 0.2) is 42.5 Å². The van der Waals surface area contributed by atoms with Crippen LogP contribution in [-0.4, -0.2) is 62.8 Å². The first kappa shape index (κ1) is 29.3. The lowest BCUT2D eigenvalue weighted by molar-refractivity contribution is -0.134. The molecule has 3 aromatic rings. The summed E-state index contributed by atoms with van der Waals surface area (Å²) in [6.07, 6.45) is 1.50. The molecule has 0 saturated heterocycles. The number of aliphatic hydroxyl groups is 1. The van der Waals surface area contributed by atoms with E-state index in [4.69, 9.17) is 21.4 Å². The molecule has 1 aliphatic rings. The summed E-state index contributed by atoms with van der Waals surface area (Å²) in [5.41, 5.74) is 2.13. The first-order valence-electron chi connectivity index (χ1n) is 12.6. The number of amides is 1. The Bertz CT molecular complexity index is 1250. The van der Waals surface area contributed by atoms with Gasteiger partial charge in [-0.2, -0.15) is 0 Å². The number of rotatable bonds is 9. The van der Waals surface area contributed by atoms with E-state index in [1.807, 2.05) is 36.6 Å². The lowest BCUT2D eigenvalue weighted by Crippen LogP contribution is -2.30. The lowest BCUT2D eigenvalue weighted by Gasteiger charge is -2.25. The van der Waals surface area contributed by atoms with E-state index in [-0.39, 0.29) is 24.0 Å². The monoisotopic (exact) mass is 542 g/mol. The Kier molecular flexibility index (Phi) is 10.4. The molecule has 2 unspecified atom stereocenters. The standard InChI is InChI=1S/C27H31ClN4O4.CH4O/c1-17(2)26-29-30-27-23(16-24(35)31(3)13-7-4-8-14-33)36-25(19-9-5-6-10-22(19)34)20-15-18(28)11-12-21(20)32(26)27;1-2/h5-6,9-12,14-15,17,23,25,34H,4,7-8,13,16H2,1-3H3;2H,1H3. The van der Waals surface area contributed by atoms with E-state index in [1.54, 1.807) is 36.2 Å². The number of halogens is 1. The van der Waals surface area contributed by atoms with Crippen LogP contribution < -0.4 is 0 Å². The number of aromatic nitrogens is 3. The number of ether oxygens (including phenoxy) is 1. The minimum Gasteiger partial charge on any atom is -0.508 e. The Morgan fingerprint density at radius 1 is 1.16 bits per heavy atom. The maximum Gasteiger partial charge on any atom is 0.225 e. The Balaban J connectivity index is 0.00000195. The second kappa shape index (κ2) is 13.5. The van der Waals surface area contributed by atoms with Gasteiger partial charge in [0.15, 0.2) is 5.82 Å². The molecule has 4 rings (SSSR count). The number of hydrogen-bond donors (Lipinski definition) is 2. The zero-order valence-electron chi connectivity index (χ0n) is 22.2. The van der Waals surface area contributed by atoms with Gasteiger partial charge in [0.1, 0.15) is 30.1 Å². The van der Waals surface area contributed by atoms with Crippen LogP contribution in [-0.2, 0) is 14.3 Å². The van der Waals surface area contributed by atoms with Crippen molar-refractivity contribution in [3.8, 4) is 11.4 Å². The van der Waals surface area contributed by atoms with Gasteiger partial charge in [-0.1, -0.05) is 43.6 Å². The summed E-state index contributed by atoms with van der Waals surface area (Å²) in [6, 6.07) is 12.5. The molecule has 204 valence electrons. The van der Waals surface area contributed by atoms with E-state index in [0.717, 1.165) is 43.3 Å². The van der Waals surface area contributed by atoms with Gasteiger partial charge in [0, 0.05) is 49.2 Å². The first-order valence-corrected chi connectivity index (χ1v) is 13.0. The number of hydrogen-bond acceptors (Lipinski definition) is 7. The number of nitrogens with zero attached hydrogens (tertiary/aromatic N) is 4. The smallest absolute Gasteiger partial charge is 0.225 e. The number of benzene rings is 2. The van der Waals surface area contributed by atoms with Crippen LogP contribution in [0.1, 0.15) is 80.4 Å². The van der Waals surface area contributed by atoms with Crippen LogP contribution in [0, 0.1) is 0 Å². The number of carbonyl (C=O) groups excluding carboxylic acids is 2. The molecule has 1 aromatic heterocycles. The van der Waals surface area contributed by atoms with Crippen molar-refractivity contribution in [2.24, 2.45) is 0 Å². The van der Waals surface area contributed by atoms with E-state index in [1.165, 1.54) is 0 Å². The Morgan fingerprint density at radius 3 is 2.58 bits per heavy atom. The number of unbranched alkanes of at least 4 members (excludes halogenated alkanes) is 2. The molecule has 2 N–H and O–H groups in total. The van der Waals surface area contributed by atoms with Gasteiger partial charge in [0.2, 0.25) is 5.91 Å². The third kappa shape index (κ3) is 6.40. The minimum atomic E-state index is -0.717.